The van der Waals surface area contributed by atoms with Crippen molar-refractivity contribution in [3.8, 4) is 28.8 Å². The third kappa shape index (κ3) is 11.2. The van der Waals surface area contributed by atoms with Crippen LogP contribution in [-0.4, -0.2) is 97.7 Å². The molecule has 2 heterocycles. The predicted molar refractivity (Wildman–Crippen MR) is 182 cm³/mol. The highest BCUT2D eigenvalue weighted by Gasteiger charge is 2.24. The van der Waals surface area contributed by atoms with Gasteiger partial charge >= 0.3 is 5.97 Å². The summed E-state index contributed by atoms with van der Waals surface area (Å²) >= 11 is 7.93. The van der Waals surface area contributed by atoms with Crippen molar-refractivity contribution < 1.29 is 33.2 Å². The number of thioether (sulfide) groups is 1. The average Bonchev–Trinajstić information content (AvgIpc) is 3.37. The number of fused-ring (bicyclic) bond motifs is 1. The predicted octanol–water partition coefficient (Wildman–Crippen LogP) is 6.37. The Balaban J connectivity index is 0.00000345. The van der Waals surface area contributed by atoms with Gasteiger partial charge in [-0.3, -0.25) is 4.79 Å². The number of rotatable bonds is 17. The number of hydrogen-bond donors (Lipinski definition) is 0. The molecular weight excluding hydrogens is 640 g/mol. The standard InChI is InChI=1S/C29H39ClN4O7S2.C2H6/c1-8-40-28(35)19(2)42-29-32-26(21-13-24(23(37-4)14-22(21)30)41-18-39-10-9-36-3)25-20(15-31)16-34(27(25)33-29)17-38-11-12-43(5,6)7;1-2/h13-14,16,19H,8-12,17-18H2,1-7H3;1-2H3. The van der Waals surface area contributed by atoms with E-state index in [4.69, 9.17) is 50.0 Å². The van der Waals surface area contributed by atoms with Gasteiger partial charge in [-0.2, -0.15) is 5.26 Å². The van der Waals surface area contributed by atoms with Gasteiger partial charge in [0.05, 0.1) is 55.2 Å². The van der Waals surface area contributed by atoms with Crippen molar-refractivity contribution in [2.45, 2.75) is 44.8 Å². The van der Waals surface area contributed by atoms with Gasteiger partial charge in [0, 0.05) is 30.7 Å². The van der Waals surface area contributed by atoms with Crippen molar-refractivity contribution in [2.75, 3.05) is 72.0 Å². The minimum Gasteiger partial charge on any atom is -0.493 e. The fraction of sp³-hybridized carbons (Fsp3) is 0.548. The van der Waals surface area contributed by atoms with Crippen molar-refractivity contribution in [2.24, 2.45) is 0 Å². The zero-order valence-electron chi connectivity index (χ0n) is 27.6. The molecule has 0 N–H and O–H groups in total. The van der Waals surface area contributed by atoms with Crippen LogP contribution in [0.4, 0.5) is 0 Å². The van der Waals surface area contributed by atoms with Crippen LogP contribution in [0.1, 0.15) is 33.3 Å². The number of nitrogens with zero attached hydrogens (tertiary/aromatic N) is 4. The highest BCUT2D eigenvalue weighted by atomic mass is 35.5. The first-order valence-electron chi connectivity index (χ1n) is 14.5. The van der Waals surface area contributed by atoms with Gasteiger partial charge in [0.2, 0.25) is 0 Å². The summed E-state index contributed by atoms with van der Waals surface area (Å²) in [4.78, 5) is 22.0. The average molecular weight is 685 g/mol. The topological polar surface area (TPSA) is 127 Å². The lowest BCUT2D eigenvalue weighted by Crippen LogP contribution is -2.17. The Morgan fingerprint density at radius 3 is 2.47 bits per heavy atom. The molecule has 45 heavy (non-hydrogen) atoms. The van der Waals surface area contributed by atoms with Gasteiger partial charge in [-0.15, -0.1) is 0 Å². The molecule has 3 rings (SSSR count). The lowest BCUT2D eigenvalue weighted by atomic mass is 10.1. The number of nitriles is 1. The molecular formula is C31H45ClN4O7S2. The Morgan fingerprint density at radius 2 is 1.84 bits per heavy atom. The van der Waals surface area contributed by atoms with Crippen LogP contribution in [0.2, 0.25) is 5.02 Å². The third-order valence-electron chi connectivity index (χ3n) is 6.03. The molecule has 0 aliphatic rings. The molecule has 250 valence electrons. The van der Waals surface area contributed by atoms with Gasteiger partial charge in [-0.25, -0.2) is 20.0 Å². The molecule has 0 aliphatic carbocycles. The van der Waals surface area contributed by atoms with Crippen LogP contribution in [0.3, 0.4) is 0 Å². The third-order valence-corrected chi connectivity index (χ3v) is 8.67. The van der Waals surface area contributed by atoms with Crippen LogP contribution in [0.25, 0.3) is 22.3 Å². The largest absolute Gasteiger partial charge is 0.493 e. The van der Waals surface area contributed by atoms with E-state index >= 15 is 0 Å². The van der Waals surface area contributed by atoms with Gasteiger partial charge in [0.25, 0.3) is 0 Å². The quantitative estimate of drug-likeness (QED) is 0.0517. The molecule has 11 nitrogen and oxygen atoms in total. The molecule has 0 spiro atoms. The molecule has 0 saturated carbocycles. The summed E-state index contributed by atoms with van der Waals surface area (Å²) in [5, 5.41) is 10.7. The van der Waals surface area contributed by atoms with E-state index in [2.05, 4.69) is 24.8 Å². The summed E-state index contributed by atoms with van der Waals surface area (Å²) in [5.74, 6) is 1.32. The highest BCUT2D eigenvalue weighted by Crippen LogP contribution is 2.42. The highest BCUT2D eigenvalue weighted by molar-refractivity contribution is 8.32. The fourth-order valence-corrected chi connectivity index (χ4v) is 5.45. The smallest absolute Gasteiger partial charge is 0.319 e. The van der Waals surface area contributed by atoms with Crippen molar-refractivity contribution in [1.82, 2.24) is 14.5 Å². The van der Waals surface area contributed by atoms with Gasteiger partial charge in [0.1, 0.15) is 23.7 Å². The number of carbonyl (C=O) groups excluding carboxylic acids is 1. The molecule has 3 aromatic rings. The second-order valence-corrected chi connectivity index (χ2v) is 16.5. The molecule has 2 aromatic heterocycles. The first-order valence-corrected chi connectivity index (χ1v) is 18.8. The number of carbonyl (C=O) groups is 1. The Morgan fingerprint density at radius 1 is 1.11 bits per heavy atom. The second-order valence-electron chi connectivity index (χ2n) is 10.2. The monoisotopic (exact) mass is 684 g/mol. The summed E-state index contributed by atoms with van der Waals surface area (Å²) in [6.07, 6.45) is 8.37. The number of ether oxygens (including phenoxy) is 6. The van der Waals surface area contributed by atoms with E-state index in [1.807, 2.05) is 13.8 Å². The summed E-state index contributed by atoms with van der Waals surface area (Å²) in [6.45, 7) is 9.21. The van der Waals surface area contributed by atoms with E-state index in [1.165, 1.54) is 7.11 Å². The maximum absolute atomic E-state index is 12.4. The van der Waals surface area contributed by atoms with E-state index in [0.717, 1.165) is 17.5 Å². The molecule has 0 aliphatic heterocycles. The number of methoxy groups -OCH3 is 2. The Hall–Kier alpha value is -2.73. The molecule has 0 saturated heterocycles. The lowest BCUT2D eigenvalue weighted by Gasteiger charge is -2.24. The number of benzene rings is 1. The van der Waals surface area contributed by atoms with Crippen molar-refractivity contribution in [1.29, 1.82) is 5.26 Å². The molecule has 14 heteroatoms. The van der Waals surface area contributed by atoms with E-state index in [9.17, 15) is 10.1 Å². The summed E-state index contributed by atoms with van der Waals surface area (Å²) < 4.78 is 34.8. The zero-order chi connectivity index (χ0) is 33.6. The van der Waals surface area contributed by atoms with Gasteiger partial charge in [-0.05, 0) is 38.7 Å². The van der Waals surface area contributed by atoms with E-state index in [1.54, 1.807) is 43.9 Å². The first-order chi connectivity index (χ1) is 21.5. The lowest BCUT2D eigenvalue weighted by molar-refractivity contribution is -0.142. The van der Waals surface area contributed by atoms with Crippen LogP contribution in [0, 0.1) is 11.3 Å². The Kier molecular flexibility index (Phi) is 16.3. The number of halogens is 1. The zero-order valence-corrected chi connectivity index (χ0v) is 30.0. The van der Waals surface area contributed by atoms with E-state index in [0.29, 0.717) is 69.4 Å². The van der Waals surface area contributed by atoms with Gasteiger partial charge < -0.3 is 33.0 Å². The summed E-state index contributed by atoms with van der Waals surface area (Å²) in [6, 6.07) is 5.56. The number of aromatic nitrogens is 3. The Labute approximate surface area is 277 Å². The maximum atomic E-state index is 12.4. The number of esters is 1. The maximum Gasteiger partial charge on any atom is 0.319 e. The van der Waals surface area contributed by atoms with Crippen LogP contribution in [0.5, 0.6) is 11.5 Å². The Bertz CT molecular complexity index is 1440. The van der Waals surface area contributed by atoms with Gasteiger partial charge in [-0.1, -0.05) is 37.2 Å². The van der Waals surface area contributed by atoms with E-state index < -0.39 is 15.3 Å². The van der Waals surface area contributed by atoms with E-state index in [-0.39, 0.29) is 26.1 Å². The molecule has 1 aromatic carbocycles. The first kappa shape index (κ1) is 38.5. The van der Waals surface area contributed by atoms with Gasteiger partial charge in [0.15, 0.2) is 23.4 Å². The summed E-state index contributed by atoms with van der Waals surface area (Å²) in [5.41, 5.74) is 1.71. The fourth-order valence-electron chi connectivity index (χ4n) is 3.83. The SMILES string of the molecule is CC.CCOC(=O)C(C)Sc1nc(-c2cc(OCOCCOC)c(OC)cc2Cl)c2c(C#N)cn(COCCS(C)(C)C)c2n1. The molecule has 0 radical (unpaired) electrons. The van der Waals surface area contributed by atoms with Crippen LogP contribution in [-0.2, 0) is 30.5 Å². The van der Waals surface area contributed by atoms with Crippen molar-refractivity contribution in [3.63, 3.8) is 0 Å². The molecule has 0 bridgehead atoms. The molecule has 0 fully saturated rings. The molecule has 0 amide bonds. The van der Waals surface area contributed by atoms with Crippen molar-refractivity contribution in [3.05, 3.63) is 28.9 Å². The molecule has 1 atom stereocenters. The summed E-state index contributed by atoms with van der Waals surface area (Å²) in [7, 11) is 2.36. The van der Waals surface area contributed by atoms with Crippen LogP contribution < -0.4 is 9.47 Å². The number of hydrogen-bond acceptors (Lipinski definition) is 11. The normalized spacial score (nSPS) is 12.2. The van der Waals surface area contributed by atoms with Crippen LogP contribution >= 0.6 is 33.4 Å². The van der Waals surface area contributed by atoms with Crippen molar-refractivity contribution >= 4 is 50.4 Å². The minimum absolute atomic E-state index is 0.0500. The molecule has 1 unspecified atom stereocenters. The van der Waals surface area contributed by atoms with Crippen LogP contribution in [0.15, 0.2) is 23.5 Å². The second kappa shape index (κ2) is 19.1. The minimum atomic E-state index is -0.734.